The van der Waals surface area contributed by atoms with Gasteiger partial charge in [-0.1, -0.05) is 12.0 Å². The molecule has 1 aliphatic rings. The van der Waals surface area contributed by atoms with E-state index < -0.39 is 17.8 Å². The van der Waals surface area contributed by atoms with Crippen molar-refractivity contribution in [1.82, 2.24) is 19.7 Å². The number of nitrogens with two attached hydrogens (primary N) is 1. The van der Waals surface area contributed by atoms with Gasteiger partial charge in [0.25, 0.3) is 0 Å². The molecule has 4 N–H and O–H groups in total. The van der Waals surface area contributed by atoms with E-state index in [0.717, 1.165) is 6.07 Å². The van der Waals surface area contributed by atoms with Gasteiger partial charge in [-0.2, -0.15) is 18.3 Å². The van der Waals surface area contributed by atoms with Gasteiger partial charge in [0, 0.05) is 50.2 Å². The summed E-state index contributed by atoms with van der Waals surface area (Å²) in [5.74, 6) is 6.40. The van der Waals surface area contributed by atoms with E-state index in [2.05, 4.69) is 32.6 Å². The summed E-state index contributed by atoms with van der Waals surface area (Å²) in [7, 11) is 1.65. The first kappa shape index (κ1) is 25.0. The highest BCUT2D eigenvalue weighted by Gasteiger charge is 2.34. The van der Waals surface area contributed by atoms with Gasteiger partial charge in [0.2, 0.25) is 0 Å². The number of halogens is 3. The molecule has 36 heavy (non-hydrogen) atoms. The number of nitrogen functional groups attached to an aromatic ring is 1. The predicted molar refractivity (Wildman–Crippen MR) is 128 cm³/mol. The number of morpholine rings is 1. The number of aryl methyl sites for hydroxylation is 1. The smallest absolute Gasteiger partial charge is 0.384 e. The Morgan fingerprint density at radius 3 is 2.61 bits per heavy atom. The first-order chi connectivity index (χ1) is 17.2. The first-order valence-electron chi connectivity index (χ1n) is 11.0. The molecule has 9 nitrogen and oxygen atoms in total. The van der Waals surface area contributed by atoms with Gasteiger partial charge in [-0.25, -0.2) is 9.78 Å². The highest BCUT2D eigenvalue weighted by Crippen LogP contribution is 2.34. The second-order valence-corrected chi connectivity index (χ2v) is 8.10. The molecule has 0 atom stereocenters. The van der Waals surface area contributed by atoms with Gasteiger partial charge in [0.05, 0.1) is 18.8 Å². The lowest BCUT2D eigenvalue weighted by atomic mass is 10.0. The highest BCUT2D eigenvalue weighted by atomic mass is 19.4. The van der Waals surface area contributed by atoms with Crippen molar-refractivity contribution in [2.24, 2.45) is 7.05 Å². The van der Waals surface area contributed by atoms with Crippen molar-refractivity contribution in [2.75, 3.05) is 42.7 Å². The number of ether oxygens (including phenoxy) is 1. The van der Waals surface area contributed by atoms with E-state index in [9.17, 15) is 18.0 Å². The Kier molecular flexibility index (Phi) is 7.42. The Balaban J connectivity index is 1.43. The Hall–Kier alpha value is -4.08. The molecule has 0 saturated carbocycles. The van der Waals surface area contributed by atoms with Crippen LogP contribution in [-0.4, -0.2) is 52.0 Å². The van der Waals surface area contributed by atoms with Crippen LogP contribution in [0.15, 0.2) is 42.6 Å². The number of nitrogens with one attached hydrogen (secondary N) is 2. The van der Waals surface area contributed by atoms with E-state index in [0.29, 0.717) is 43.4 Å². The second kappa shape index (κ2) is 10.7. The van der Waals surface area contributed by atoms with Crippen molar-refractivity contribution in [2.45, 2.75) is 12.7 Å². The number of pyridine rings is 1. The summed E-state index contributed by atoms with van der Waals surface area (Å²) in [6.45, 7) is 2.25. The van der Waals surface area contributed by atoms with E-state index >= 15 is 0 Å². The lowest BCUT2D eigenvalue weighted by Gasteiger charge is -2.27. The van der Waals surface area contributed by atoms with Gasteiger partial charge in [-0.05, 0) is 35.7 Å². The molecule has 2 amide bonds. The summed E-state index contributed by atoms with van der Waals surface area (Å²) in [5, 5.41) is 9.12. The Bertz CT molecular complexity index is 1290. The van der Waals surface area contributed by atoms with Gasteiger partial charge >= 0.3 is 12.2 Å². The number of carbonyl (C=O) groups excluding carboxylic acids is 1. The fraction of sp³-hybridized carbons (Fsp3) is 0.292. The quantitative estimate of drug-likeness (QED) is 0.476. The number of carbonyl (C=O) groups is 1. The number of benzene rings is 1. The van der Waals surface area contributed by atoms with Gasteiger partial charge in [0.1, 0.15) is 11.5 Å². The number of rotatable bonds is 4. The molecule has 1 aliphatic heterocycles. The van der Waals surface area contributed by atoms with E-state index in [-0.39, 0.29) is 23.6 Å². The minimum Gasteiger partial charge on any atom is -0.384 e. The third-order valence-corrected chi connectivity index (χ3v) is 5.41. The molecule has 0 aliphatic carbocycles. The molecule has 0 bridgehead atoms. The van der Waals surface area contributed by atoms with Gasteiger partial charge < -0.3 is 15.8 Å². The second-order valence-electron chi connectivity index (χ2n) is 8.10. The van der Waals surface area contributed by atoms with Crippen LogP contribution in [0.1, 0.15) is 22.4 Å². The van der Waals surface area contributed by atoms with Crippen molar-refractivity contribution in [3.05, 3.63) is 65.0 Å². The third-order valence-electron chi connectivity index (χ3n) is 5.41. The number of aromatic nitrogens is 3. The zero-order valence-electron chi connectivity index (χ0n) is 19.4. The summed E-state index contributed by atoms with van der Waals surface area (Å²) >= 11 is 0. The highest BCUT2D eigenvalue weighted by molar-refractivity contribution is 5.99. The predicted octanol–water partition coefficient (Wildman–Crippen LogP) is 3.29. The van der Waals surface area contributed by atoms with Crippen LogP contribution in [-0.2, 0) is 24.5 Å². The zero-order valence-corrected chi connectivity index (χ0v) is 19.4. The molecule has 2 aromatic heterocycles. The van der Waals surface area contributed by atoms with Gasteiger partial charge in [0.15, 0.2) is 5.82 Å². The van der Waals surface area contributed by atoms with Crippen LogP contribution in [0.5, 0.6) is 0 Å². The minimum atomic E-state index is -4.57. The molecular formula is C24H24F3N7O2. The van der Waals surface area contributed by atoms with Crippen LogP contribution in [0, 0.1) is 11.8 Å². The SMILES string of the molecule is Cn1nc(NC(=O)Nc2ccc(CN3CCOCC3)c(C(F)(F)F)c2)cc1C#Cc1ccc(N)nc1. The van der Waals surface area contributed by atoms with E-state index in [1.165, 1.54) is 23.0 Å². The lowest BCUT2D eigenvalue weighted by molar-refractivity contribution is -0.138. The lowest BCUT2D eigenvalue weighted by Crippen LogP contribution is -2.36. The minimum absolute atomic E-state index is 0.0114. The molecule has 3 aromatic rings. The van der Waals surface area contributed by atoms with Crippen molar-refractivity contribution < 1.29 is 22.7 Å². The van der Waals surface area contributed by atoms with Crippen molar-refractivity contribution in [3.8, 4) is 11.8 Å². The van der Waals surface area contributed by atoms with Gasteiger partial charge in [-0.15, -0.1) is 0 Å². The number of urea groups is 1. The number of hydrogen-bond donors (Lipinski definition) is 3. The molecule has 188 valence electrons. The number of anilines is 3. The largest absolute Gasteiger partial charge is 0.416 e. The summed E-state index contributed by atoms with van der Waals surface area (Å²) in [4.78, 5) is 18.3. The molecular weight excluding hydrogens is 475 g/mol. The van der Waals surface area contributed by atoms with Crippen LogP contribution in [0.3, 0.4) is 0 Å². The average molecular weight is 499 g/mol. The number of nitrogens with zero attached hydrogens (tertiary/aromatic N) is 4. The molecule has 1 saturated heterocycles. The van der Waals surface area contributed by atoms with Crippen LogP contribution < -0.4 is 16.4 Å². The maximum absolute atomic E-state index is 13.7. The fourth-order valence-electron chi connectivity index (χ4n) is 3.60. The fourth-order valence-corrected chi connectivity index (χ4v) is 3.60. The van der Waals surface area contributed by atoms with Gasteiger partial charge in [-0.3, -0.25) is 14.9 Å². The van der Waals surface area contributed by atoms with Crippen LogP contribution in [0.25, 0.3) is 0 Å². The molecule has 12 heteroatoms. The molecule has 0 radical (unpaired) electrons. The monoisotopic (exact) mass is 499 g/mol. The normalized spacial score (nSPS) is 14.1. The first-order valence-corrected chi connectivity index (χ1v) is 11.0. The molecule has 4 rings (SSSR count). The topological polar surface area (TPSA) is 110 Å². The van der Waals surface area contributed by atoms with Crippen molar-refractivity contribution in [1.29, 1.82) is 0 Å². The Labute approximate surface area is 205 Å². The van der Waals surface area contributed by atoms with Crippen LogP contribution in [0.4, 0.5) is 35.3 Å². The summed E-state index contributed by atoms with van der Waals surface area (Å²) < 4.78 is 47.9. The van der Waals surface area contributed by atoms with Crippen molar-refractivity contribution in [3.63, 3.8) is 0 Å². The Morgan fingerprint density at radius 2 is 1.92 bits per heavy atom. The van der Waals surface area contributed by atoms with Crippen LogP contribution in [0.2, 0.25) is 0 Å². The number of amides is 2. The zero-order chi connectivity index (χ0) is 25.7. The maximum Gasteiger partial charge on any atom is 0.416 e. The average Bonchev–Trinajstić information content (AvgIpc) is 3.18. The maximum atomic E-state index is 13.7. The standard InChI is InChI=1S/C24H24F3N7O2/c1-33-19(6-2-16-3-7-21(28)29-14-16)13-22(32-33)31-23(35)30-18-5-4-17(20(12-18)24(25,26)27)15-34-8-10-36-11-9-34/h3-5,7,12-14H,8-11,15H2,1H3,(H2,28,29)(H2,30,31,32,35). The summed E-state index contributed by atoms with van der Waals surface area (Å²) in [6, 6.07) is 7.93. The van der Waals surface area contributed by atoms with E-state index in [1.54, 1.807) is 25.2 Å². The van der Waals surface area contributed by atoms with E-state index in [4.69, 9.17) is 10.5 Å². The van der Waals surface area contributed by atoms with E-state index in [1.807, 2.05) is 4.90 Å². The molecule has 1 fully saturated rings. The molecule has 3 heterocycles. The number of hydrogen-bond acceptors (Lipinski definition) is 6. The molecule has 0 spiro atoms. The summed E-state index contributed by atoms with van der Waals surface area (Å²) in [6.07, 6.45) is -3.03. The van der Waals surface area contributed by atoms with Crippen LogP contribution >= 0.6 is 0 Å². The van der Waals surface area contributed by atoms with Crippen molar-refractivity contribution >= 4 is 23.4 Å². The summed E-state index contributed by atoms with van der Waals surface area (Å²) in [5.41, 5.74) is 6.07. The Morgan fingerprint density at radius 1 is 1.14 bits per heavy atom. The molecule has 0 unspecified atom stereocenters. The molecule has 1 aromatic carbocycles. The number of alkyl halides is 3. The third kappa shape index (κ3) is 6.53.